The van der Waals surface area contributed by atoms with Gasteiger partial charge < -0.3 is 9.32 Å². The molecule has 0 aliphatic rings. The van der Waals surface area contributed by atoms with Crippen molar-refractivity contribution in [1.82, 2.24) is 8.87 Å². The third-order valence-corrected chi connectivity index (χ3v) is 6.18. The molecular weight excluding hydrogens is 396 g/mol. The highest BCUT2D eigenvalue weighted by Gasteiger charge is 2.25. The first-order chi connectivity index (χ1) is 13.3. The Morgan fingerprint density at radius 2 is 1.75 bits per heavy atom. The van der Waals surface area contributed by atoms with E-state index < -0.39 is 10.0 Å². The molecule has 0 N–H and O–H groups in total. The molecule has 0 radical (unpaired) electrons. The Labute approximate surface area is 168 Å². The molecule has 7 heteroatoms. The number of halogens is 1. The van der Waals surface area contributed by atoms with E-state index >= 15 is 0 Å². The van der Waals surface area contributed by atoms with Crippen molar-refractivity contribution < 1.29 is 12.8 Å². The van der Waals surface area contributed by atoms with E-state index in [0.717, 1.165) is 16.5 Å². The molecule has 0 unspecified atom stereocenters. The summed E-state index contributed by atoms with van der Waals surface area (Å²) in [5.74, 6) is 0. The molecule has 2 heterocycles. The summed E-state index contributed by atoms with van der Waals surface area (Å²) in [7, 11) is -0.0311. The predicted octanol–water partition coefficient (Wildman–Crippen LogP) is 4.85. The molecule has 5 nitrogen and oxygen atoms in total. The predicted molar refractivity (Wildman–Crippen MR) is 111 cm³/mol. The largest absolute Gasteiger partial charge is 0.443 e. The van der Waals surface area contributed by atoms with E-state index in [2.05, 4.69) is 0 Å². The summed E-state index contributed by atoms with van der Waals surface area (Å²) in [4.78, 5) is 1.99. The van der Waals surface area contributed by atoms with Crippen molar-refractivity contribution in [3.05, 3.63) is 77.4 Å². The van der Waals surface area contributed by atoms with E-state index in [1.807, 2.05) is 55.4 Å². The maximum atomic E-state index is 13.4. The van der Waals surface area contributed by atoms with Crippen LogP contribution in [0, 0.1) is 0 Å². The summed E-state index contributed by atoms with van der Waals surface area (Å²) in [5.41, 5.74) is 2.74. The van der Waals surface area contributed by atoms with Gasteiger partial charge in [0.15, 0.2) is 0 Å². The van der Waals surface area contributed by atoms with E-state index in [1.54, 1.807) is 30.5 Å². The standard InChI is InChI=1S/C21H19ClN2O3S/c1-23(2)13-15-11-19(16-7-9-18(22)10-8-16)24(14-15)28(25,26)21-12-17-5-3-4-6-20(17)27-21/h3-12,14H,13H2,1-2H3. The average Bonchev–Trinajstić information content (AvgIpc) is 3.27. The van der Waals surface area contributed by atoms with Crippen molar-refractivity contribution in [2.45, 2.75) is 11.6 Å². The first kappa shape index (κ1) is 18.8. The number of benzene rings is 2. The van der Waals surface area contributed by atoms with Gasteiger partial charge in [-0.15, -0.1) is 0 Å². The molecule has 4 aromatic rings. The van der Waals surface area contributed by atoms with Crippen LogP contribution >= 0.6 is 11.6 Å². The Morgan fingerprint density at radius 3 is 2.43 bits per heavy atom. The fraction of sp³-hybridized carbons (Fsp3) is 0.143. The van der Waals surface area contributed by atoms with Gasteiger partial charge in [-0.2, -0.15) is 8.42 Å². The van der Waals surface area contributed by atoms with Gasteiger partial charge in [-0.25, -0.2) is 3.97 Å². The highest BCUT2D eigenvalue weighted by Crippen LogP contribution is 2.30. The molecule has 28 heavy (non-hydrogen) atoms. The van der Waals surface area contributed by atoms with Crippen LogP contribution in [0.25, 0.3) is 22.2 Å². The fourth-order valence-electron chi connectivity index (χ4n) is 3.16. The van der Waals surface area contributed by atoms with Crippen molar-refractivity contribution >= 4 is 32.6 Å². The number of fused-ring (bicyclic) bond motifs is 1. The molecule has 0 fully saturated rings. The summed E-state index contributed by atoms with van der Waals surface area (Å²) in [6.45, 7) is 0.614. The highest BCUT2D eigenvalue weighted by atomic mass is 35.5. The Bertz CT molecular complexity index is 1210. The van der Waals surface area contributed by atoms with Crippen molar-refractivity contribution in [3.8, 4) is 11.3 Å². The van der Waals surface area contributed by atoms with Crippen LogP contribution in [0.3, 0.4) is 0 Å². The lowest BCUT2D eigenvalue weighted by atomic mass is 10.1. The molecule has 2 aromatic heterocycles. The average molecular weight is 415 g/mol. The molecule has 0 saturated heterocycles. The molecule has 4 rings (SSSR count). The first-order valence-corrected chi connectivity index (χ1v) is 10.5. The number of aromatic nitrogens is 1. The van der Waals surface area contributed by atoms with Gasteiger partial charge in [0.05, 0.1) is 5.69 Å². The normalized spacial score (nSPS) is 12.1. The van der Waals surface area contributed by atoms with E-state index in [9.17, 15) is 8.42 Å². The zero-order valence-corrected chi connectivity index (χ0v) is 17.0. The molecule has 144 valence electrons. The van der Waals surface area contributed by atoms with Crippen LogP contribution in [0.1, 0.15) is 5.56 Å². The minimum absolute atomic E-state index is 0.0871. The van der Waals surface area contributed by atoms with Crippen LogP contribution in [0.2, 0.25) is 5.02 Å². The van der Waals surface area contributed by atoms with Crippen molar-refractivity contribution in [2.75, 3.05) is 14.1 Å². The topological polar surface area (TPSA) is 55.5 Å². The second-order valence-corrected chi connectivity index (χ2v) is 9.06. The lowest BCUT2D eigenvalue weighted by Crippen LogP contribution is -2.13. The summed E-state index contributed by atoms with van der Waals surface area (Å²) >= 11 is 6.00. The molecule has 0 amide bonds. The van der Waals surface area contributed by atoms with Crippen LogP contribution < -0.4 is 0 Å². The second kappa shape index (κ2) is 7.13. The maximum absolute atomic E-state index is 13.4. The van der Waals surface area contributed by atoms with Crippen molar-refractivity contribution in [3.63, 3.8) is 0 Å². The van der Waals surface area contributed by atoms with Crippen molar-refractivity contribution in [1.29, 1.82) is 0 Å². The third-order valence-electron chi connectivity index (χ3n) is 4.40. The quantitative estimate of drug-likeness (QED) is 0.468. The molecule has 0 aliphatic carbocycles. The van der Waals surface area contributed by atoms with Crippen LogP contribution in [-0.4, -0.2) is 31.4 Å². The van der Waals surface area contributed by atoms with Gasteiger partial charge in [0.1, 0.15) is 5.58 Å². The van der Waals surface area contributed by atoms with E-state index in [1.165, 1.54) is 3.97 Å². The Balaban J connectivity index is 1.88. The van der Waals surface area contributed by atoms with Gasteiger partial charge in [0, 0.05) is 29.2 Å². The number of hydrogen-bond acceptors (Lipinski definition) is 4. The summed E-state index contributed by atoms with van der Waals surface area (Å²) < 4.78 is 33.7. The molecule has 0 saturated carbocycles. The number of hydrogen-bond donors (Lipinski definition) is 0. The maximum Gasteiger partial charge on any atom is 0.301 e. The Kier molecular flexibility index (Phi) is 4.79. The zero-order valence-electron chi connectivity index (χ0n) is 15.5. The molecule has 0 atom stereocenters. The molecule has 0 spiro atoms. The SMILES string of the molecule is CN(C)Cc1cc(-c2ccc(Cl)cc2)n(S(=O)(=O)c2cc3ccccc3o2)c1. The molecule has 0 bridgehead atoms. The van der Waals surface area contributed by atoms with Gasteiger partial charge in [0.25, 0.3) is 0 Å². The summed E-state index contributed by atoms with van der Waals surface area (Å²) in [6.07, 6.45) is 1.65. The zero-order chi connectivity index (χ0) is 19.9. The molecule has 0 aliphatic heterocycles. The third kappa shape index (κ3) is 3.46. The summed E-state index contributed by atoms with van der Waals surface area (Å²) in [6, 6.07) is 17.8. The van der Waals surface area contributed by atoms with Crippen LogP contribution in [0.5, 0.6) is 0 Å². The highest BCUT2D eigenvalue weighted by molar-refractivity contribution is 7.89. The van der Waals surface area contributed by atoms with Crippen LogP contribution in [0.15, 0.2) is 76.4 Å². The number of para-hydroxylation sites is 1. The van der Waals surface area contributed by atoms with Gasteiger partial charge in [0.2, 0.25) is 5.09 Å². The van der Waals surface area contributed by atoms with E-state index in [4.69, 9.17) is 16.0 Å². The lowest BCUT2D eigenvalue weighted by molar-refractivity contribution is 0.402. The number of nitrogens with zero attached hydrogens (tertiary/aromatic N) is 2. The molecule has 2 aromatic carbocycles. The minimum Gasteiger partial charge on any atom is -0.443 e. The number of rotatable bonds is 5. The Morgan fingerprint density at radius 1 is 1.04 bits per heavy atom. The van der Waals surface area contributed by atoms with Crippen LogP contribution in [0.4, 0.5) is 0 Å². The van der Waals surface area contributed by atoms with Gasteiger partial charge in [-0.1, -0.05) is 41.9 Å². The van der Waals surface area contributed by atoms with Crippen molar-refractivity contribution in [2.24, 2.45) is 0 Å². The monoisotopic (exact) mass is 414 g/mol. The summed E-state index contributed by atoms with van der Waals surface area (Å²) in [5, 5.41) is 1.25. The first-order valence-electron chi connectivity index (χ1n) is 8.71. The van der Waals surface area contributed by atoms with Gasteiger partial charge in [-0.05, 0) is 49.5 Å². The minimum atomic E-state index is -3.91. The van der Waals surface area contributed by atoms with Crippen LogP contribution in [-0.2, 0) is 16.6 Å². The smallest absolute Gasteiger partial charge is 0.301 e. The fourth-order valence-corrected chi connectivity index (χ4v) is 4.64. The van der Waals surface area contributed by atoms with Gasteiger partial charge >= 0.3 is 10.0 Å². The Hall–Kier alpha value is -2.54. The van der Waals surface area contributed by atoms with E-state index in [0.29, 0.717) is 22.8 Å². The second-order valence-electron chi connectivity index (χ2n) is 6.88. The lowest BCUT2D eigenvalue weighted by Gasteiger charge is -2.09. The van der Waals surface area contributed by atoms with E-state index in [-0.39, 0.29) is 5.09 Å². The van der Waals surface area contributed by atoms with Gasteiger partial charge in [-0.3, -0.25) is 0 Å². The molecular formula is C21H19ClN2O3S. The number of furan rings is 1.